The number of sulfonamides is 2. The van der Waals surface area contributed by atoms with Gasteiger partial charge in [0.25, 0.3) is 10.0 Å². The minimum Gasteiger partial charge on any atom is -0.352 e. The van der Waals surface area contributed by atoms with E-state index in [1.165, 1.54) is 12.1 Å². The molecule has 1 aromatic carbocycles. The predicted molar refractivity (Wildman–Crippen MR) is 109 cm³/mol. The number of carbonyl (C=O) groups excluding carboxylic acids is 2. The van der Waals surface area contributed by atoms with Crippen LogP contribution in [0, 0.1) is 11.8 Å². The Morgan fingerprint density at radius 2 is 2.00 bits per heavy atom. The molecule has 0 radical (unpaired) electrons. The Kier molecular flexibility index (Phi) is 5.06. The summed E-state index contributed by atoms with van der Waals surface area (Å²) in [6.45, 7) is -0.0902. The summed E-state index contributed by atoms with van der Waals surface area (Å²) in [6.07, 6.45) is 2.18. The van der Waals surface area contributed by atoms with Gasteiger partial charge in [-0.05, 0) is 31.0 Å². The van der Waals surface area contributed by atoms with E-state index in [2.05, 4.69) is 19.8 Å². The van der Waals surface area contributed by atoms with Gasteiger partial charge < -0.3 is 16.4 Å². The van der Waals surface area contributed by atoms with Gasteiger partial charge in [0.2, 0.25) is 15.9 Å². The lowest BCUT2D eigenvalue weighted by Gasteiger charge is -2.32. The van der Waals surface area contributed by atoms with E-state index in [1.54, 1.807) is 0 Å². The summed E-state index contributed by atoms with van der Waals surface area (Å²) in [5.74, 6) is -3.14. The number of fused-ring (bicyclic) bond motifs is 2. The van der Waals surface area contributed by atoms with E-state index < -0.39 is 31.9 Å². The molecule has 11 nitrogen and oxygen atoms in total. The van der Waals surface area contributed by atoms with Crippen molar-refractivity contribution in [1.82, 2.24) is 5.32 Å². The van der Waals surface area contributed by atoms with Crippen LogP contribution in [-0.2, 0) is 29.6 Å². The number of rotatable bonds is 5. The van der Waals surface area contributed by atoms with E-state index in [0.717, 1.165) is 18.9 Å². The first-order valence-corrected chi connectivity index (χ1v) is 12.5. The molecule has 0 bridgehead atoms. The van der Waals surface area contributed by atoms with Gasteiger partial charge in [-0.3, -0.25) is 14.3 Å². The van der Waals surface area contributed by atoms with Crippen molar-refractivity contribution < 1.29 is 26.4 Å². The molecule has 3 unspecified atom stereocenters. The second-order valence-electron chi connectivity index (χ2n) is 7.49. The zero-order valence-corrected chi connectivity index (χ0v) is 17.4. The zero-order valence-electron chi connectivity index (χ0n) is 15.8. The molecule has 1 amide bonds. The molecule has 0 aromatic heterocycles. The Labute approximate surface area is 173 Å². The lowest BCUT2D eigenvalue weighted by Crippen LogP contribution is -2.56. The third kappa shape index (κ3) is 3.68. The van der Waals surface area contributed by atoms with Crippen molar-refractivity contribution in [3.05, 3.63) is 18.2 Å². The van der Waals surface area contributed by atoms with Gasteiger partial charge in [-0.25, -0.2) is 8.42 Å². The molecule has 2 fully saturated rings. The minimum atomic E-state index is -4.27. The van der Waals surface area contributed by atoms with E-state index in [9.17, 15) is 26.4 Å². The summed E-state index contributed by atoms with van der Waals surface area (Å²) in [6, 6.07) is 3.64. The molecule has 1 saturated heterocycles. The monoisotopic (exact) mass is 455 g/mol. The van der Waals surface area contributed by atoms with Crippen molar-refractivity contribution in [2.75, 3.05) is 22.3 Å². The molecule has 0 spiro atoms. The summed E-state index contributed by atoms with van der Waals surface area (Å²) in [5.41, 5.74) is 5.40. The number of nitrogens with two attached hydrogens (primary N) is 1. The second-order valence-corrected chi connectivity index (χ2v) is 10.9. The molecule has 1 saturated carbocycles. The third-order valence-corrected chi connectivity index (χ3v) is 8.08. The first-order chi connectivity index (χ1) is 14.1. The molecule has 30 heavy (non-hydrogen) atoms. The smallest absolute Gasteiger partial charge is 0.286 e. The van der Waals surface area contributed by atoms with Crippen molar-refractivity contribution in [1.29, 1.82) is 0 Å². The van der Waals surface area contributed by atoms with Crippen LogP contribution in [0.2, 0.25) is 0 Å². The number of amidine groups is 1. The molecule has 2 aliphatic heterocycles. The van der Waals surface area contributed by atoms with Crippen molar-refractivity contribution in [3.8, 4) is 0 Å². The van der Waals surface area contributed by atoms with Crippen LogP contribution in [0.25, 0.3) is 0 Å². The van der Waals surface area contributed by atoms with Gasteiger partial charge in [-0.15, -0.1) is 4.40 Å². The number of nitrogens with zero attached hydrogens (tertiary/aromatic N) is 1. The number of anilines is 2. The molecule has 2 heterocycles. The fourth-order valence-electron chi connectivity index (χ4n) is 4.09. The largest absolute Gasteiger partial charge is 0.352 e. The first kappa shape index (κ1) is 20.8. The molecule has 3 aliphatic rings. The summed E-state index contributed by atoms with van der Waals surface area (Å²) >= 11 is 0. The van der Waals surface area contributed by atoms with Gasteiger partial charge in [-0.2, -0.15) is 8.42 Å². The van der Waals surface area contributed by atoms with Crippen molar-refractivity contribution in [2.24, 2.45) is 22.0 Å². The van der Waals surface area contributed by atoms with Crippen LogP contribution in [0.4, 0.5) is 11.4 Å². The molecule has 1 aromatic rings. The van der Waals surface area contributed by atoms with Crippen LogP contribution in [0.1, 0.15) is 19.3 Å². The maximum Gasteiger partial charge on any atom is 0.286 e. The summed E-state index contributed by atoms with van der Waals surface area (Å²) < 4.78 is 55.2. The first-order valence-electron chi connectivity index (χ1n) is 9.42. The molecular weight excluding hydrogens is 434 g/mol. The molecule has 13 heteroatoms. The van der Waals surface area contributed by atoms with Gasteiger partial charge in [0.1, 0.15) is 10.7 Å². The summed E-state index contributed by atoms with van der Waals surface area (Å²) in [4.78, 5) is 25.1. The quantitative estimate of drug-likeness (QED) is 0.425. The molecule has 162 valence electrons. The van der Waals surface area contributed by atoms with Gasteiger partial charge >= 0.3 is 0 Å². The topological polar surface area (TPSA) is 177 Å². The van der Waals surface area contributed by atoms with Crippen LogP contribution < -0.4 is 21.1 Å². The van der Waals surface area contributed by atoms with Crippen LogP contribution in [-0.4, -0.2) is 52.7 Å². The minimum absolute atomic E-state index is 0.0338. The molecule has 5 N–H and O–H groups in total. The highest BCUT2D eigenvalue weighted by atomic mass is 32.2. The van der Waals surface area contributed by atoms with Crippen molar-refractivity contribution >= 4 is 48.9 Å². The summed E-state index contributed by atoms with van der Waals surface area (Å²) in [7, 11) is -7.99. The second kappa shape index (κ2) is 7.32. The number of nitrogens with one attached hydrogen (secondary N) is 3. The Bertz CT molecular complexity index is 1160. The Morgan fingerprint density at radius 3 is 2.73 bits per heavy atom. The fraction of sp³-hybridized carbons (Fsp3) is 0.471. The zero-order chi connectivity index (χ0) is 21.7. The lowest BCUT2D eigenvalue weighted by atomic mass is 9.83. The Balaban J connectivity index is 1.65. The SMILES string of the molecule is NCCS(=O)(=O)Nc1ccc2c(c1)S(=O)(=O)N=C(C1C(=O)NC3CCCC3C1=O)N2. The number of ketones is 1. The van der Waals surface area contributed by atoms with Crippen LogP contribution in [0.15, 0.2) is 27.5 Å². The average molecular weight is 456 g/mol. The number of piperidine rings is 1. The average Bonchev–Trinajstić information content (AvgIpc) is 3.10. The normalized spacial score (nSPS) is 27.4. The number of hydrogen-bond donors (Lipinski definition) is 4. The predicted octanol–water partition coefficient (Wildman–Crippen LogP) is -0.616. The van der Waals surface area contributed by atoms with E-state index in [-0.39, 0.29) is 52.1 Å². The van der Waals surface area contributed by atoms with Gasteiger partial charge in [0, 0.05) is 24.2 Å². The van der Waals surface area contributed by atoms with E-state index in [4.69, 9.17) is 5.73 Å². The highest BCUT2D eigenvalue weighted by Crippen LogP contribution is 2.36. The van der Waals surface area contributed by atoms with Gasteiger partial charge in [-0.1, -0.05) is 6.42 Å². The van der Waals surface area contributed by atoms with Crippen LogP contribution in [0.3, 0.4) is 0 Å². The lowest BCUT2D eigenvalue weighted by molar-refractivity contribution is -0.138. The highest BCUT2D eigenvalue weighted by molar-refractivity contribution is 7.92. The Hall–Kier alpha value is -2.51. The van der Waals surface area contributed by atoms with Gasteiger partial charge in [0.05, 0.1) is 11.4 Å². The molecule has 4 rings (SSSR count). The van der Waals surface area contributed by atoms with Crippen molar-refractivity contribution in [3.63, 3.8) is 0 Å². The van der Waals surface area contributed by atoms with Crippen molar-refractivity contribution in [2.45, 2.75) is 30.2 Å². The number of benzene rings is 1. The Morgan fingerprint density at radius 1 is 1.23 bits per heavy atom. The summed E-state index contributed by atoms with van der Waals surface area (Å²) in [5, 5.41) is 5.56. The number of carbonyl (C=O) groups is 2. The van der Waals surface area contributed by atoms with E-state index in [0.29, 0.717) is 6.42 Å². The molecule has 1 aliphatic carbocycles. The number of Topliss-reactive ketones (excluding diaryl/α,β-unsaturated/α-hetero) is 1. The van der Waals surface area contributed by atoms with E-state index in [1.807, 2.05) is 0 Å². The maximum atomic E-state index is 12.8. The molecule has 3 atom stereocenters. The maximum absolute atomic E-state index is 12.8. The fourth-order valence-corrected chi connectivity index (χ4v) is 6.17. The third-order valence-electron chi connectivity index (χ3n) is 5.43. The van der Waals surface area contributed by atoms with Gasteiger partial charge in [0.15, 0.2) is 11.7 Å². The molecular formula is C17H21N5O6S2. The number of hydrogen-bond acceptors (Lipinski definition) is 8. The van der Waals surface area contributed by atoms with Crippen LogP contribution in [0.5, 0.6) is 0 Å². The number of amides is 1. The highest BCUT2D eigenvalue weighted by Gasteiger charge is 2.48. The standard InChI is InChI=1S/C17H21N5O6S2/c18-6-7-29(25,26)21-9-4-5-12-13(8-9)30(27,28)22-16(19-12)14-15(23)10-2-1-3-11(10)20-17(14)24/h4-5,8,10-11,14,21H,1-3,6-7,18H2,(H,19,22)(H,20,24). The van der Waals surface area contributed by atoms with Crippen LogP contribution >= 0.6 is 0 Å². The van der Waals surface area contributed by atoms with E-state index >= 15 is 0 Å².